The lowest BCUT2D eigenvalue weighted by atomic mass is 10.1. The summed E-state index contributed by atoms with van der Waals surface area (Å²) in [4.78, 5) is 32.6. The Labute approximate surface area is 181 Å². The van der Waals surface area contributed by atoms with Crippen LogP contribution >= 0.6 is 11.3 Å². The van der Waals surface area contributed by atoms with E-state index in [9.17, 15) is 9.59 Å². The van der Waals surface area contributed by atoms with Gasteiger partial charge in [-0.3, -0.25) is 14.9 Å². The van der Waals surface area contributed by atoms with Crippen molar-refractivity contribution in [2.24, 2.45) is 0 Å². The smallest absolute Gasteiger partial charge is 0.268 e. The molecule has 1 N–H and O–H groups in total. The number of thiophene rings is 1. The van der Waals surface area contributed by atoms with Gasteiger partial charge in [-0.05, 0) is 56.5 Å². The second-order valence-electron chi connectivity index (χ2n) is 7.33. The van der Waals surface area contributed by atoms with E-state index in [-0.39, 0.29) is 17.9 Å². The summed E-state index contributed by atoms with van der Waals surface area (Å²) in [6.45, 7) is 8.31. The van der Waals surface area contributed by atoms with E-state index < -0.39 is 0 Å². The summed E-state index contributed by atoms with van der Waals surface area (Å²) in [5, 5.41) is 3.02. The van der Waals surface area contributed by atoms with Gasteiger partial charge >= 0.3 is 0 Å². The number of amides is 2. The molecule has 0 aliphatic carbocycles. The zero-order chi connectivity index (χ0) is 21.7. The number of likely N-dealkylation sites (N-methyl/N-ethyl adjacent to an activating group) is 1. The van der Waals surface area contributed by atoms with Crippen LogP contribution in [-0.4, -0.2) is 39.9 Å². The first-order valence-corrected chi connectivity index (χ1v) is 11.0. The number of para-hydroxylation sites is 2. The van der Waals surface area contributed by atoms with E-state index in [4.69, 9.17) is 4.98 Å². The van der Waals surface area contributed by atoms with Crippen molar-refractivity contribution < 1.29 is 9.59 Å². The molecule has 3 rings (SSSR count). The van der Waals surface area contributed by atoms with Crippen LogP contribution < -0.4 is 5.32 Å². The number of hydrogen-bond acceptors (Lipinski definition) is 4. The largest absolute Gasteiger partial charge is 0.342 e. The van der Waals surface area contributed by atoms with E-state index in [1.807, 2.05) is 43.3 Å². The number of imidazole rings is 1. The average Bonchev–Trinajstić information content (AvgIpc) is 3.34. The van der Waals surface area contributed by atoms with Crippen molar-refractivity contribution in [1.29, 1.82) is 0 Å². The van der Waals surface area contributed by atoms with Gasteiger partial charge in [-0.25, -0.2) is 4.98 Å². The highest BCUT2D eigenvalue weighted by Crippen LogP contribution is 2.30. The van der Waals surface area contributed by atoms with E-state index in [1.165, 1.54) is 17.4 Å². The fourth-order valence-electron chi connectivity index (χ4n) is 3.57. The number of nitrogens with zero attached hydrogens (tertiary/aromatic N) is 3. The first-order valence-electron chi connectivity index (χ1n) is 10.2. The van der Waals surface area contributed by atoms with Crippen LogP contribution in [0.1, 0.15) is 46.8 Å². The molecular formula is C23H28N4O2S. The molecule has 158 valence electrons. The van der Waals surface area contributed by atoms with Gasteiger partial charge in [0.25, 0.3) is 5.91 Å². The molecule has 1 atom stereocenters. The summed E-state index contributed by atoms with van der Waals surface area (Å²) in [5.41, 5.74) is 1.85. The van der Waals surface area contributed by atoms with Crippen LogP contribution in [0.2, 0.25) is 0 Å². The number of carbonyl (C=O) groups is 2. The highest BCUT2D eigenvalue weighted by atomic mass is 32.1. The Balaban J connectivity index is 1.84. The molecule has 2 heterocycles. The third kappa shape index (κ3) is 4.79. The lowest BCUT2D eigenvalue weighted by molar-refractivity contribution is -0.124. The minimum absolute atomic E-state index is 0.0738. The van der Waals surface area contributed by atoms with Crippen LogP contribution in [-0.2, 0) is 4.79 Å². The molecule has 0 aliphatic heterocycles. The van der Waals surface area contributed by atoms with Gasteiger partial charge in [0.05, 0.1) is 15.9 Å². The zero-order valence-corrected chi connectivity index (χ0v) is 18.5. The third-order valence-electron chi connectivity index (χ3n) is 5.20. The average molecular weight is 425 g/mol. The third-order valence-corrected chi connectivity index (χ3v) is 6.20. The van der Waals surface area contributed by atoms with Crippen LogP contribution in [0.3, 0.4) is 0 Å². The van der Waals surface area contributed by atoms with E-state index in [0.717, 1.165) is 35.2 Å². The fourth-order valence-corrected chi connectivity index (χ4v) is 4.33. The summed E-state index contributed by atoms with van der Waals surface area (Å²) < 4.78 is 2.13. The predicted molar refractivity (Wildman–Crippen MR) is 123 cm³/mol. The second kappa shape index (κ2) is 9.71. The van der Waals surface area contributed by atoms with E-state index in [2.05, 4.69) is 23.4 Å². The summed E-state index contributed by atoms with van der Waals surface area (Å²) in [6, 6.07) is 11.9. The van der Waals surface area contributed by atoms with Crippen LogP contribution in [0.5, 0.6) is 0 Å². The molecule has 2 amide bonds. The van der Waals surface area contributed by atoms with Crippen LogP contribution in [0.15, 0.2) is 49.1 Å². The van der Waals surface area contributed by atoms with E-state index in [0.29, 0.717) is 17.4 Å². The Kier molecular flexibility index (Phi) is 7.05. The fraction of sp³-hybridized carbons (Fsp3) is 0.348. The molecule has 0 fully saturated rings. The zero-order valence-electron chi connectivity index (χ0n) is 17.7. The summed E-state index contributed by atoms with van der Waals surface area (Å²) in [7, 11) is 1.78. The Morgan fingerprint density at radius 2 is 2.07 bits per heavy atom. The molecule has 2 aromatic heterocycles. The van der Waals surface area contributed by atoms with Crippen LogP contribution in [0, 0.1) is 6.92 Å². The molecule has 30 heavy (non-hydrogen) atoms. The molecule has 0 spiro atoms. The molecule has 7 heteroatoms. The number of nitrogens with one attached hydrogen (secondary N) is 1. The number of aromatic nitrogens is 2. The van der Waals surface area contributed by atoms with Crippen LogP contribution in [0.4, 0.5) is 5.95 Å². The lowest BCUT2D eigenvalue weighted by Crippen LogP contribution is -2.26. The number of anilines is 1. The minimum atomic E-state index is -0.143. The van der Waals surface area contributed by atoms with Gasteiger partial charge < -0.3 is 9.47 Å². The maximum atomic E-state index is 12.8. The summed E-state index contributed by atoms with van der Waals surface area (Å²) in [5.74, 6) is 0.348. The Hall–Kier alpha value is -2.93. The molecule has 0 unspecified atom stereocenters. The molecule has 6 nitrogen and oxygen atoms in total. The summed E-state index contributed by atoms with van der Waals surface area (Å²) >= 11 is 1.47. The SMILES string of the molecule is C=CC(=O)N(C)CCC[C@H](CC)n1c(NC(=O)c2ccc(C)s2)nc2ccccc21. The van der Waals surface area contributed by atoms with Crippen molar-refractivity contribution in [3.8, 4) is 0 Å². The van der Waals surface area contributed by atoms with Gasteiger partial charge in [0, 0.05) is 24.5 Å². The number of hydrogen-bond donors (Lipinski definition) is 1. The maximum absolute atomic E-state index is 12.8. The van der Waals surface area contributed by atoms with E-state index in [1.54, 1.807) is 11.9 Å². The van der Waals surface area contributed by atoms with E-state index >= 15 is 0 Å². The second-order valence-corrected chi connectivity index (χ2v) is 8.61. The van der Waals surface area contributed by atoms with Gasteiger partial charge in [-0.2, -0.15) is 0 Å². The van der Waals surface area contributed by atoms with Gasteiger partial charge in [-0.15, -0.1) is 11.3 Å². The number of fused-ring (bicyclic) bond motifs is 1. The van der Waals surface area contributed by atoms with Crippen molar-refractivity contribution >= 4 is 40.1 Å². The topological polar surface area (TPSA) is 67.2 Å². The number of carbonyl (C=O) groups excluding carboxylic acids is 2. The van der Waals surface area contributed by atoms with Gasteiger partial charge in [0.2, 0.25) is 11.9 Å². The summed E-state index contributed by atoms with van der Waals surface area (Å²) in [6.07, 6.45) is 3.94. The normalized spacial score (nSPS) is 12.0. The Morgan fingerprint density at radius 1 is 1.30 bits per heavy atom. The molecule has 3 aromatic rings. The molecule has 0 saturated carbocycles. The van der Waals surface area contributed by atoms with Crippen LogP contribution in [0.25, 0.3) is 11.0 Å². The predicted octanol–water partition coefficient (Wildman–Crippen LogP) is 5.03. The highest BCUT2D eigenvalue weighted by Gasteiger charge is 2.20. The molecule has 0 saturated heterocycles. The highest BCUT2D eigenvalue weighted by molar-refractivity contribution is 7.14. The standard InChI is InChI=1S/C23H28N4O2S/c1-5-17(10-9-15-26(4)21(28)6-2)27-19-12-8-7-11-18(19)24-23(27)25-22(29)20-14-13-16(3)30-20/h6-8,11-14,17H,2,5,9-10,15H2,1,3-4H3,(H,24,25,29)/t17-/m0/s1. The lowest BCUT2D eigenvalue weighted by Gasteiger charge is -2.22. The van der Waals surface area contributed by atoms with Crippen molar-refractivity contribution in [3.05, 3.63) is 58.8 Å². The molecule has 1 aromatic carbocycles. The van der Waals surface area contributed by atoms with Gasteiger partial charge in [-0.1, -0.05) is 25.6 Å². The molecule has 0 radical (unpaired) electrons. The van der Waals surface area contributed by atoms with Gasteiger partial charge in [0.1, 0.15) is 0 Å². The quantitative estimate of drug-likeness (QED) is 0.490. The Bertz CT molecular complexity index is 1050. The number of aryl methyl sites for hydroxylation is 1. The van der Waals surface area contributed by atoms with Crippen molar-refractivity contribution in [3.63, 3.8) is 0 Å². The van der Waals surface area contributed by atoms with Crippen molar-refractivity contribution in [2.45, 2.75) is 39.2 Å². The first kappa shape index (κ1) is 21.8. The first-order chi connectivity index (χ1) is 14.4. The number of rotatable bonds is 9. The van der Waals surface area contributed by atoms with Crippen molar-refractivity contribution in [2.75, 3.05) is 18.9 Å². The monoisotopic (exact) mass is 424 g/mol. The molecule has 0 aliphatic rings. The van der Waals surface area contributed by atoms with Crippen molar-refractivity contribution in [1.82, 2.24) is 14.5 Å². The van der Waals surface area contributed by atoms with Gasteiger partial charge in [0.15, 0.2) is 0 Å². The number of benzene rings is 1. The Morgan fingerprint density at radius 3 is 2.73 bits per heavy atom. The maximum Gasteiger partial charge on any atom is 0.268 e. The minimum Gasteiger partial charge on any atom is -0.342 e. The molecular weight excluding hydrogens is 396 g/mol. The molecule has 0 bridgehead atoms.